The van der Waals surface area contributed by atoms with Crippen LogP contribution in [0.25, 0.3) is 11.1 Å². The van der Waals surface area contributed by atoms with E-state index in [1.54, 1.807) is 17.0 Å². The van der Waals surface area contributed by atoms with E-state index in [9.17, 15) is 14.7 Å². The molecule has 0 aliphatic carbocycles. The number of pyridine rings is 2. The van der Waals surface area contributed by atoms with E-state index in [1.807, 2.05) is 61.6 Å². The van der Waals surface area contributed by atoms with Crippen LogP contribution in [0.15, 0.2) is 71.8 Å². The van der Waals surface area contributed by atoms with Crippen molar-refractivity contribution in [3.8, 4) is 11.1 Å². The number of amides is 1. The first-order valence-corrected chi connectivity index (χ1v) is 11.4. The number of carbonyl (C=O) groups is 1. The highest BCUT2D eigenvalue weighted by Crippen LogP contribution is 2.47. The highest BCUT2D eigenvalue weighted by Gasteiger charge is 2.54. The quantitative estimate of drug-likeness (QED) is 0.606. The van der Waals surface area contributed by atoms with Gasteiger partial charge in [0, 0.05) is 55.3 Å². The van der Waals surface area contributed by atoms with Gasteiger partial charge in [0.05, 0.1) is 12.0 Å². The molecule has 2 bridgehead atoms. The lowest BCUT2D eigenvalue weighted by atomic mass is 9.86. The van der Waals surface area contributed by atoms with Crippen LogP contribution >= 0.6 is 0 Å². The first kappa shape index (κ1) is 21.6. The number of aromatic nitrogens is 2. The van der Waals surface area contributed by atoms with Crippen molar-refractivity contribution in [2.75, 3.05) is 20.2 Å². The Morgan fingerprint density at radius 3 is 2.61 bits per heavy atom. The van der Waals surface area contributed by atoms with Crippen molar-refractivity contribution in [2.45, 2.75) is 25.0 Å². The normalized spacial score (nSPS) is 23.8. The molecule has 2 aromatic heterocycles. The molecule has 0 radical (unpaired) electrons. The van der Waals surface area contributed by atoms with Gasteiger partial charge in [-0.05, 0) is 48.9 Å². The smallest absolute Gasteiger partial charge is 0.258 e. The molecule has 5 rings (SSSR count). The van der Waals surface area contributed by atoms with E-state index in [0.29, 0.717) is 18.7 Å². The van der Waals surface area contributed by atoms with Crippen molar-refractivity contribution in [3.05, 3.63) is 88.6 Å². The summed E-state index contributed by atoms with van der Waals surface area (Å²) in [5, 5.41) is 13.3. The summed E-state index contributed by atoms with van der Waals surface area (Å²) in [4.78, 5) is 32.9. The second-order valence-electron chi connectivity index (χ2n) is 8.90. The average Bonchev–Trinajstić information content (AvgIpc) is 3.02. The van der Waals surface area contributed by atoms with E-state index in [4.69, 9.17) is 0 Å². The predicted octanol–water partition coefficient (Wildman–Crippen LogP) is 1.86. The molecule has 2 N–H and O–H groups in total. The molecule has 0 saturated carbocycles. The fraction of sp³-hybridized carbons (Fsp3) is 0.346. The van der Waals surface area contributed by atoms with Crippen molar-refractivity contribution < 1.29 is 9.90 Å². The molecule has 0 spiro atoms. The van der Waals surface area contributed by atoms with Crippen LogP contribution in [-0.4, -0.2) is 51.7 Å². The third-order valence-corrected chi connectivity index (χ3v) is 7.20. The predicted molar refractivity (Wildman–Crippen MR) is 125 cm³/mol. The lowest BCUT2D eigenvalue weighted by Gasteiger charge is -2.35. The molecule has 7 nitrogen and oxygen atoms in total. The van der Waals surface area contributed by atoms with Crippen molar-refractivity contribution >= 4 is 5.91 Å². The zero-order valence-corrected chi connectivity index (χ0v) is 18.6. The van der Waals surface area contributed by atoms with Gasteiger partial charge in [0.1, 0.15) is 0 Å². The van der Waals surface area contributed by atoms with E-state index in [1.165, 1.54) is 5.56 Å². The molecule has 1 saturated heterocycles. The Bertz CT molecular complexity index is 1200. The summed E-state index contributed by atoms with van der Waals surface area (Å²) in [5.41, 5.74) is 3.37. The van der Waals surface area contributed by atoms with E-state index >= 15 is 0 Å². The summed E-state index contributed by atoms with van der Waals surface area (Å²) in [6.07, 6.45) is 4.10. The summed E-state index contributed by atoms with van der Waals surface area (Å²) in [6.45, 7) is 0.897. The molecule has 4 heterocycles. The van der Waals surface area contributed by atoms with Crippen LogP contribution in [0, 0.1) is 11.8 Å². The van der Waals surface area contributed by atoms with Crippen LogP contribution in [0.1, 0.15) is 17.3 Å². The number of rotatable bonds is 6. The molecule has 1 aromatic carbocycles. The number of benzene rings is 1. The summed E-state index contributed by atoms with van der Waals surface area (Å²) in [7, 11) is 1.99. The minimum absolute atomic E-state index is 0.0661. The molecule has 1 amide bonds. The molecular formula is C26H28N4O3. The average molecular weight is 445 g/mol. The van der Waals surface area contributed by atoms with E-state index in [2.05, 4.69) is 15.2 Å². The van der Waals surface area contributed by atoms with Gasteiger partial charge in [-0.15, -0.1) is 0 Å². The Kier molecular flexibility index (Phi) is 5.83. The molecule has 33 heavy (non-hydrogen) atoms. The number of fused-ring (bicyclic) bond motifs is 4. The molecule has 2 aliphatic rings. The van der Waals surface area contributed by atoms with E-state index in [0.717, 1.165) is 17.7 Å². The van der Waals surface area contributed by atoms with Gasteiger partial charge in [0.15, 0.2) is 0 Å². The molecule has 7 heteroatoms. The van der Waals surface area contributed by atoms with E-state index < -0.39 is 5.92 Å². The van der Waals surface area contributed by atoms with Gasteiger partial charge in [-0.1, -0.05) is 30.3 Å². The van der Waals surface area contributed by atoms with Crippen molar-refractivity contribution in [1.82, 2.24) is 19.8 Å². The number of nitrogens with zero attached hydrogens (tertiary/aromatic N) is 3. The molecule has 2 aliphatic heterocycles. The van der Waals surface area contributed by atoms with E-state index in [-0.39, 0.29) is 36.1 Å². The minimum Gasteiger partial charge on any atom is -0.396 e. The Balaban J connectivity index is 1.43. The third-order valence-electron chi connectivity index (χ3n) is 7.20. The van der Waals surface area contributed by atoms with Crippen LogP contribution in [0.4, 0.5) is 0 Å². The zero-order valence-electron chi connectivity index (χ0n) is 18.6. The second kappa shape index (κ2) is 8.92. The fourth-order valence-electron chi connectivity index (χ4n) is 5.53. The standard InChI is InChI=1S/C26H28N4O3/c1-29-22-15-30-21(8-7-19(26(30)33)18-10-12-27-13-11-18)24(29)23(20(22)16-31)25(32)28-14-9-17-5-3-2-4-6-17/h2-8,10-13,20,22-24,31H,9,14-16H2,1H3,(H,28,32)/t20-,22-,23+,24+/m0/s1. The fourth-order valence-corrected chi connectivity index (χ4v) is 5.53. The lowest BCUT2D eigenvalue weighted by Crippen LogP contribution is -2.44. The summed E-state index contributed by atoms with van der Waals surface area (Å²) in [6, 6.07) is 17.2. The SMILES string of the molecule is CN1[C@@H]2c3ccc(-c4ccncc4)c(=O)n3C[C@H]1[C@H](CO)[C@H]2C(=O)NCCc1ccccc1. The Morgan fingerprint density at radius 2 is 1.88 bits per heavy atom. The Morgan fingerprint density at radius 1 is 1.12 bits per heavy atom. The lowest BCUT2D eigenvalue weighted by molar-refractivity contribution is -0.127. The zero-order chi connectivity index (χ0) is 22.9. The monoisotopic (exact) mass is 444 g/mol. The summed E-state index contributed by atoms with van der Waals surface area (Å²) >= 11 is 0. The molecule has 1 fully saturated rings. The number of aliphatic hydroxyl groups is 1. The maximum absolute atomic E-state index is 13.4. The number of hydrogen-bond donors (Lipinski definition) is 2. The van der Waals surface area contributed by atoms with Crippen LogP contribution in [-0.2, 0) is 17.8 Å². The number of hydrogen-bond acceptors (Lipinski definition) is 5. The van der Waals surface area contributed by atoms with Crippen LogP contribution in [0.5, 0.6) is 0 Å². The van der Waals surface area contributed by atoms with Crippen molar-refractivity contribution in [1.29, 1.82) is 0 Å². The summed E-state index contributed by atoms with van der Waals surface area (Å²) in [5.74, 6) is -0.718. The maximum Gasteiger partial charge on any atom is 0.258 e. The molecular weight excluding hydrogens is 416 g/mol. The van der Waals surface area contributed by atoms with Crippen molar-refractivity contribution in [3.63, 3.8) is 0 Å². The first-order chi connectivity index (χ1) is 16.1. The third kappa shape index (κ3) is 3.77. The number of likely N-dealkylation sites (N-methyl/N-ethyl adjacent to an activating group) is 1. The van der Waals surface area contributed by atoms with Crippen LogP contribution < -0.4 is 10.9 Å². The van der Waals surface area contributed by atoms with Crippen molar-refractivity contribution in [2.24, 2.45) is 11.8 Å². The topological polar surface area (TPSA) is 87.5 Å². The van der Waals surface area contributed by atoms with Gasteiger partial charge in [-0.25, -0.2) is 0 Å². The van der Waals surface area contributed by atoms with Gasteiger partial charge in [-0.2, -0.15) is 0 Å². The van der Waals surface area contributed by atoms with Gasteiger partial charge in [0.25, 0.3) is 5.56 Å². The highest BCUT2D eigenvalue weighted by molar-refractivity contribution is 5.80. The number of nitrogens with one attached hydrogen (secondary N) is 1. The molecule has 170 valence electrons. The van der Waals surface area contributed by atoms with Gasteiger partial charge in [0.2, 0.25) is 5.91 Å². The van der Waals surface area contributed by atoms with Gasteiger partial charge >= 0.3 is 0 Å². The largest absolute Gasteiger partial charge is 0.396 e. The minimum atomic E-state index is -0.416. The van der Waals surface area contributed by atoms with Gasteiger partial charge < -0.3 is 15.0 Å². The Hall–Kier alpha value is -3.29. The maximum atomic E-state index is 13.4. The van der Waals surface area contributed by atoms with Crippen LogP contribution in [0.3, 0.4) is 0 Å². The molecule has 4 atom stereocenters. The molecule has 0 unspecified atom stereocenters. The first-order valence-electron chi connectivity index (χ1n) is 11.4. The number of carbonyl (C=O) groups excluding carboxylic acids is 1. The highest BCUT2D eigenvalue weighted by atomic mass is 16.3. The summed E-state index contributed by atoms with van der Waals surface area (Å²) < 4.78 is 1.80. The number of aliphatic hydroxyl groups excluding tert-OH is 1. The van der Waals surface area contributed by atoms with Crippen LogP contribution in [0.2, 0.25) is 0 Å². The Labute approximate surface area is 192 Å². The molecule has 3 aromatic rings. The van der Waals surface area contributed by atoms with Gasteiger partial charge in [-0.3, -0.25) is 19.5 Å². The second-order valence-corrected chi connectivity index (χ2v) is 8.90.